The molecule has 0 fully saturated rings. The van der Waals surface area contributed by atoms with E-state index < -0.39 is 11.9 Å². The summed E-state index contributed by atoms with van der Waals surface area (Å²) in [4.78, 5) is 4.57. The molecule has 1 aliphatic rings. The molecule has 0 aliphatic carbocycles. The van der Waals surface area contributed by atoms with Crippen molar-refractivity contribution in [1.82, 2.24) is 4.98 Å². The number of hydrogen-bond acceptors (Lipinski definition) is 7. The van der Waals surface area contributed by atoms with Crippen molar-refractivity contribution >= 4 is 48.9 Å². The van der Waals surface area contributed by atoms with E-state index in [1.165, 1.54) is 6.07 Å². The summed E-state index contributed by atoms with van der Waals surface area (Å²) in [6.45, 7) is 2.43. The molecular weight excluding hydrogens is 453 g/mol. The third-order valence-corrected chi connectivity index (χ3v) is 6.85. The summed E-state index contributed by atoms with van der Waals surface area (Å²) in [6.07, 6.45) is -0.645. The van der Waals surface area contributed by atoms with Crippen molar-refractivity contribution in [2.24, 2.45) is 0 Å². The van der Waals surface area contributed by atoms with Gasteiger partial charge in [0.05, 0.1) is 40.1 Å². The Labute approximate surface area is 191 Å². The number of pyridine rings is 1. The highest BCUT2D eigenvalue weighted by atomic mass is 35.5. The second kappa shape index (κ2) is 7.87. The third-order valence-electron chi connectivity index (χ3n) is 5.45. The minimum atomic E-state index is -0.645. The number of fused-ring (bicyclic) bond motifs is 4. The number of thiophene rings is 1. The normalized spacial score (nSPS) is 14.0. The summed E-state index contributed by atoms with van der Waals surface area (Å²) >= 11 is 7.95. The largest absolute Gasteiger partial charge is 0.475 e. The van der Waals surface area contributed by atoms with Crippen LogP contribution in [-0.2, 0) is 18.0 Å². The second-order valence-electron chi connectivity index (χ2n) is 7.60. The molecule has 162 valence electrons. The van der Waals surface area contributed by atoms with Gasteiger partial charge in [-0.25, -0.2) is 9.37 Å². The van der Waals surface area contributed by atoms with Crippen LogP contribution in [0.4, 0.5) is 9.39 Å². The van der Waals surface area contributed by atoms with E-state index in [1.54, 1.807) is 19.1 Å². The average Bonchev–Trinajstić information content (AvgIpc) is 3.38. The maximum Gasteiger partial charge on any atom is 0.213 e. The first-order valence-electron chi connectivity index (χ1n) is 9.84. The van der Waals surface area contributed by atoms with E-state index in [-0.39, 0.29) is 17.2 Å². The Balaban J connectivity index is 1.83. The Morgan fingerprint density at radius 1 is 1.34 bits per heavy atom. The van der Waals surface area contributed by atoms with Crippen molar-refractivity contribution in [3.63, 3.8) is 0 Å². The Morgan fingerprint density at radius 3 is 2.88 bits per heavy atom. The average molecular weight is 470 g/mol. The molecule has 9 heteroatoms. The van der Waals surface area contributed by atoms with E-state index in [0.717, 1.165) is 27.8 Å². The molecule has 3 N–H and O–H groups in total. The minimum Gasteiger partial charge on any atom is -0.475 e. The van der Waals surface area contributed by atoms with Crippen molar-refractivity contribution in [2.45, 2.75) is 26.2 Å². The minimum absolute atomic E-state index is 0.0926. The van der Waals surface area contributed by atoms with E-state index in [9.17, 15) is 14.8 Å². The number of anilines is 1. The SMILES string of the molecule is CC(O)COc1ccc2c3c(c(-c4ccc(F)c5sc(N)c(C#N)c45)c(Cl)c2n1)COC3. The van der Waals surface area contributed by atoms with Crippen LogP contribution in [0, 0.1) is 17.1 Å². The van der Waals surface area contributed by atoms with Gasteiger partial charge in [0.25, 0.3) is 0 Å². The first-order chi connectivity index (χ1) is 15.4. The maximum absolute atomic E-state index is 14.6. The molecule has 0 spiro atoms. The van der Waals surface area contributed by atoms with Gasteiger partial charge in [-0.2, -0.15) is 5.26 Å². The molecule has 5 rings (SSSR count). The summed E-state index contributed by atoms with van der Waals surface area (Å²) in [5, 5.41) is 21.1. The van der Waals surface area contributed by atoms with Crippen LogP contribution in [0.5, 0.6) is 5.88 Å². The predicted octanol–water partition coefficient (Wildman–Crippen LogP) is 5.15. The lowest BCUT2D eigenvalue weighted by molar-refractivity contribution is 0.120. The molecule has 32 heavy (non-hydrogen) atoms. The van der Waals surface area contributed by atoms with Crippen LogP contribution in [-0.4, -0.2) is 22.8 Å². The van der Waals surface area contributed by atoms with Crippen LogP contribution in [0.1, 0.15) is 23.6 Å². The number of nitrogen functional groups attached to an aromatic ring is 1. The fraction of sp³-hybridized carbons (Fsp3) is 0.217. The molecule has 0 amide bonds. The van der Waals surface area contributed by atoms with Gasteiger partial charge in [-0.1, -0.05) is 17.7 Å². The lowest BCUT2D eigenvalue weighted by atomic mass is 9.91. The molecule has 2 aromatic carbocycles. The molecule has 2 aromatic heterocycles. The molecule has 1 aliphatic heterocycles. The number of hydrogen-bond donors (Lipinski definition) is 2. The topological polar surface area (TPSA) is 101 Å². The van der Waals surface area contributed by atoms with E-state index in [4.69, 9.17) is 26.8 Å². The molecule has 1 unspecified atom stereocenters. The van der Waals surface area contributed by atoms with E-state index in [0.29, 0.717) is 50.8 Å². The van der Waals surface area contributed by atoms with Crippen molar-refractivity contribution in [1.29, 1.82) is 5.26 Å². The standard InChI is InChI=1S/C23H17ClFN3O3S/c1-10(29)7-31-17-5-3-11-14-8-30-9-15(14)18(20(24)21(11)28-17)12-2-4-16(25)22-19(12)13(6-26)23(27)32-22/h2-5,10,29H,7-9,27H2,1H3. The first kappa shape index (κ1) is 20.9. The number of ether oxygens (including phenoxy) is 2. The van der Waals surface area contributed by atoms with Gasteiger partial charge in [-0.05, 0) is 35.7 Å². The van der Waals surface area contributed by atoms with Crippen LogP contribution >= 0.6 is 22.9 Å². The van der Waals surface area contributed by atoms with Crippen LogP contribution in [0.15, 0.2) is 24.3 Å². The molecule has 6 nitrogen and oxygen atoms in total. The highest BCUT2D eigenvalue weighted by molar-refractivity contribution is 7.23. The Kier molecular flexibility index (Phi) is 5.14. The lowest BCUT2D eigenvalue weighted by Crippen LogP contribution is -2.13. The van der Waals surface area contributed by atoms with Gasteiger partial charge in [0, 0.05) is 22.4 Å². The van der Waals surface area contributed by atoms with Crippen molar-refractivity contribution in [3.8, 4) is 23.1 Å². The molecular formula is C23H17ClFN3O3S. The van der Waals surface area contributed by atoms with Gasteiger partial charge in [0.15, 0.2) is 0 Å². The molecule has 0 saturated heterocycles. The van der Waals surface area contributed by atoms with Crippen LogP contribution < -0.4 is 10.5 Å². The van der Waals surface area contributed by atoms with Gasteiger partial charge >= 0.3 is 0 Å². The highest BCUT2D eigenvalue weighted by Crippen LogP contribution is 2.48. The monoisotopic (exact) mass is 469 g/mol. The quantitative estimate of drug-likeness (QED) is 0.428. The zero-order valence-electron chi connectivity index (χ0n) is 16.9. The summed E-state index contributed by atoms with van der Waals surface area (Å²) in [5.41, 5.74) is 9.82. The van der Waals surface area contributed by atoms with Gasteiger partial charge in [0.2, 0.25) is 5.88 Å². The van der Waals surface area contributed by atoms with E-state index in [1.807, 2.05) is 6.07 Å². The van der Waals surface area contributed by atoms with Gasteiger partial charge in [-0.3, -0.25) is 0 Å². The second-order valence-corrected chi connectivity index (χ2v) is 9.03. The summed E-state index contributed by atoms with van der Waals surface area (Å²) < 4.78 is 26.2. The lowest BCUT2D eigenvalue weighted by Gasteiger charge is -2.16. The first-order valence-corrected chi connectivity index (χ1v) is 11.0. The van der Waals surface area contributed by atoms with E-state index in [2.05, 4.69) is 11.1 Å². The molecule has 3 heterocycles. The number of nitrogens with zero attached hydrogens (tertiary/aromatic N) is 2. The predicted molar refractivity (Wildman–Crippen MR) is 122 cm³/mol. The zero-order valence-corrected chi connectivity index (χ0v) is 18.5. The summed E-state index contributed by atoms with van der Waals surface area (Å²) in [7, 11) is 0. The fourth-order valence-electron chi connectivity index (χ4n) is 4.07. The van der Waals surface area contributed by atoms with Crippen LogP contribution in [0.25, 0.3) is 32.1 Å². The molecule has 0 saturated carbocycles. The van der Waals surface area contributed by atoms with Crippen LogP contribution in [0.3, 0.4) is 0 Å². The zero-order chi connectivity index (χ0) is 22.6. The molecule has 0 radical (unpaired) electrons. The number of aliphatic hydroxyl groups is 1. The molecule has 4 aromatic rings. The fourth-order valence-corrected chi connectivity index (χ4v) is 5.38. The number of halogens is 2. The van der Waals surface area contributed by atoms with Gasteiger partial charge < -0.3 is 20.3 Å². The third kappa shape index (κ3) is 3.17. The highest BCUT2D eigenvalue weighted by Gasteiger charge is 2.28. The number of nitriles is 1. The smallest absolute Gasteiger partial charge is 0.213 e. The van der Waals surface area contributed by atoms with Crippen LogP contribution in [0.2, 0.25) is 5.02 Å². The summed E-state index contributed by atoms with van der Waals surface area (Å²) in [5.74, 6) is -0.120. The van der Waals surface area contributed by atoms with Crippen molar-refractivity contribution in [2.75, 3.05) is 12.3 Å². The number of nitrogens with two attached hydrogens (primary N) is 1. The number of aliphatic hydroxyl groups excluding tert-OH is 1. The Bertz CT molecular complexity index is 1440. The molecule has 0 bridgehead atoms. The number of aromatic nitrogens is 1. The Hall–Kier alpha value is -2.96. The van der Waals surface area contributed by atoms with Gasteiger partial charge in [0.1, 0.15) is 23.5 Å². The van der Waals surface area contributed by atoms with Gasteiger partial charge in [-0.15, -0.1) is 11.3 Å². The van der Waals surface area contributed by atoms with Crippen molar-refractivity contribution < 1.29 is 19.0 Å². The number of benzene rings is 2. The maximum atomic E-state index is 14.6. The van der Waals surface area contributed by atoms with Crippen molar-refractivity contribution in [3.05, 3.63) is 51.8 Å². The number of rotatable bonds is 4. The Morgan fingerprint density at radius 2 is 2.12 bits per heavy atom. The summed E-state index contributed by atoms with van der Waals surface area (Å²) in [6, 6.07) is 8.66. The molecule has 1 atom stereocenters. The van der Waals surface area contributed by atoms with E-state index >= 15 is 0 Å².